The van der Waals surface area contributed by atoms with E-state index in [0.29, 0.717) is 11.2 Å². The molecule has 0 saturated carbocycles. The second-order valence-electron chi connectivity index (χ2n) is 7.28. The lowest BCUT2D eigenvalue weighted by atomic mass is 9.92. The molecule has 0 aromatic heterocycles. The van der Waals surface area contributed by atoms with Gasteiger partial charge in [-0.15, -0.1) is 0 Å². The standard InChI is InChI=1S/C25H23ClS/c1-17(2)8-7-11-22-20-9-5-6-10-21(20)24(14-15-27-18(3)4)25-16-19(26)12-13-23(22)25/h5-6,9-10,12-13,16-18H,8H2,1-4H3. The molecule has 0 aliphatic heterocycles. The Balaban J connectivity index is 2.35. The Bertz CT molecular complexity index is 1100. The highest BCUT2D eigenvalue weighted by Gasteiger charge is 2.12. The first kappa shape index (κ1) is 19.7. The molecule has 0 atom stereocenters. The summed E-state index contributed by atoms with van der Waals surface area (Å²) in [7, 11) is 0. The monoisotopic (exact) mass is 390 g/mol. The van der Waals surface area contributed by atoms with Crippen LogP contribution in [0.4, 0.5) is 0 Å². The van der Waals surface area contributed by atoms with Crippen LogP contribution >= 0.6 is 23.4 Å². The van der Waals surface area contributed by atoms with Crippen LogP contribution in [0.25, 0.3) is 21.5 Å². The maximum Gasteiger partial charge on any atom is 0.0412 e. The number of hydrogen-bond acceptors (Lipinski definition) is 1. The summed E-state index contributed by atoms with van der Waals surface area (Å²) in [5.41, 5.74) is 2.10. The third-order valence-corrected chi connectivity index (χ3v) is 5.11. The molecule has 0 N–H and O–H groups in total. The van der Waals surface area contributed by atoms with Crippen molar-refractivity contribution in [2.24, 2.45) is 5.92 Å². The zero-order valence-corrected chi connectivity index (χ0v) is 17.8. The third-order valence-electron chi connectivity index (χ3n) is 4.18. The number of fused-ring (bicyclic) bond motifs is 2. The van der Waals surface area contributed by atoms with Crippen LogP contribution in [0.5, 0.6) is 0 Å². The van der Waals surface area contributed by atoms with Crippen LogP contribution in [0.15, 0.2) is 42.5 Å². The molecule has 0 spiro atoms. The zero-order valence-electron chi connectivity index (χ0n) is 16.2. The molecule has 0 fully saturated rings. The molecule has 0 radical (unpaired) electrons. The van der Waals surface area contributed by atoms with Crippen molar-refractivity contribution in [2.45, 2.75) is 39.4 Å². The van der Waals surface area contributed by atoms with E-state index in [1.165, 1.54) is 0 Å². The number of rotatable bonds is 2. The van der Waals surface area contributed by atoms with Crippen LogP contribution in [0, 0.1) is 28.9 Å². The zero-order chi connectivity index (χ0) is 19.4. The van der Waals surface area contributed by atoms with Gasteiger partial charge in [0.25, 0.3) is 0 Å². The summed E-state index contributed by atoms with van der Waals surface area (Å²) < 4.78 is 0. The molecule has 2 heteroatoms. The Morgan fingerprint density at radius 2 is 1.48 bits per heavy atom. The van der Waals surface area contributed by atoms with Crippen molar-refractivity contribution in [1.29, 1.82) is 0 Å². The highest BCUT2D eigenvalue weighted by Crippen LogP contribution is 2.34. The van der Waals surface area contributed by atoms with E-state index >= 15 is 0 Å². The molecule has 0 aliphatic rings. The fraction of sp³-hybridized carbons (Fsp3) is 0.280. The van der Waals surface area contributed by atoms with Gasteiger partial charge in [0.05, 0.1) is 0 Å². The fourth-order valence-corrected chi connectivity index (χ4v) is 3.53. The minimum absolute atomic E-state index is 0.472. The highest BCUT2D eigenvalue weighted by atomic mass is 35.5. The first-order valence-electron chi connectivity index (χ1n) is 9.27. The minimum Gasteiger partial charge on any atom is -0.0976 e. The van der Waals surface area contributed by atoms with Crippen LogP contribution in [0.2, 0.25) is 5.02 Å². The lowest BCUT2D eigenvalue weighted by Crippen LogP contribution is -1.91. The van der Waals surface area contributed by atoms with E-state index in [1.807, 2.05) is 12.1 Å². The van der Waals surface area contributed by atoms with Crippen LogP contribution < -0.4 is 0 Å². The molecule has 0 saturated heterocycles. The molecular formula is C25H23ClS. The van der Waals surface area contributed by atoms with Gasteiger partial charge in [-0.05, 0) is 39.5 Å². The van der Waals surface area contributed by atoms with Gasteiger partial charge >= 0.3 is 0 Å². The summed E-state index contributed by atoms with van der Waals surface area (Å²) in [6.07, 6.45) is 0.885. The minimum atomic E-state index is 0.472. The fourth-order valence-electron chi connectivity index (χ4n) is 2.96. The maximum absolute atomic E-state index is 6.34. The second-order valence-corrected chi connectivity index (χ2v) is 9.10. The van der Waals surface area contributed by atoms with E-state index in [-0.39, 0.29) is 0 Å². The third kappa shape index (κ3) is 4.62. The van der Waals surface area contributed by atoms with Crippen molar-refractivity contribution in [1.82, 2.24) is 0 Å². The van der Waals surface area contributed by atoms with Gasteiger partial charge in [-0.3, -0.25) is 0 Å². The quantitative estimate of drug-likeness (QED) is 0.322. The Kier molecular flexibility index (Phi) is 6.38. The van der Waals surface area contributed by atoms with Crippen molar-refractivity contribution >= 4 is 44.9 Å². The molecule has 0 heterocycles. The van der Waals surface area contributed by atoms with E-state index in [1.54, 1.807) is 11.8 Å². The van der Waals surface area contributed by atoms with Gasteiger partial charge in [0, 0.05) is 33.2 Å². The van der Waals surface area contributed by atoms with Crippen LogP contribution in [-0.4, -0.2) is 5.25 Å². The normalized spacial score (nSPS) is 10.8. The van der Waals surface area contributed by atoms with E-state index in [0.717, 1.165) is 44.1 Å². The summed E-state index contributed by atoms with van der Waals surface area (Å²) in [6.45, 7) is 8.69. The molecule has 136 valence electrons. The van der Waals surface area contributed by atoms with Gasteiger partial charge in [0.1, 0.15) is 0 Å². The first-order valence-corrected chi connectivity index (χ1v) is 10.5. The molecule has 3 aromatic rings. The predicted molar refractivity (Wildman–Crippen MR) is 122 cm³/mol. The second kappa shape index (κ2) is 8.75. The average molecular weight is 391 g/mol. The summed E-state index contributed by atoms with van der Waals surface area (Å²) in [5, 5.41) is 8.95. The van der Waals surface area contributed by atoms with Crippen LogP contribution in [-0.2, 0) is 0 Å². The molecule has 0 bridgehead atoms. The summed E-state index contributed by atoms with van der Waals surface area (Å²) >= 11 is 7.98. The van der Waals surface area contributed by atoms with Crippen LogP contribution in [0.3, 0.4) is 0 Å². The molecule has 0 amide bonds. The van der Waals surface area contributed by atoms with Gasteiger partial charge in [-0.25, -0.2) is 0 Å². The Morgan fingerprint density at radius 3 is 2.11 bits per heavy atom. The van der Waals surface area contributed by atoms with E-state index in [2.05, 4.69) is 81.0 Å². The van der Waals surface area contributed by atoms with Gasteiger partial charge in [-0.2, -0.15) is 0 Å². The smallest absolute Gasteiger partial charge is 0.0412 e. The maximum atomic E-state index is 6.34. The average Bonchev–Trinajstić information content (AvgIpc) is 2.62. The van der Waals surface area contributed by atoms with E-state index in [4.69, 9.17) is 11.6 Å². The largest absolute Gasteiger partial charge is 0.0976 e. The summed E-state index contributed by atoms with van der Waals surface area (Å²) in [6, 6.07) is 14.4. The Hall–Kier alpha value is -2.06. The van der Waals surface area contributed by atoms with Crippen LogP contribution in [0.1, 0.15) is 45.2 Å². The van der Waals surface area contributed by atoms with Gasteiger partial charge in [0.15, 0.2) is 0 Å². The lowest BCUT2D eigenvalue weighted by Gasteiger charge is -2.11. The van der Waals surface area contributed by atoms with Gasteiger partial charge in [0.2, 0.25) is 0 Å². The predicted octanol–water partition coefficient (Wildman–Crippen LogP) is 7.49. The number of thioether (sulfide) groups is 1. The molecule has 0 nitrogen and oxygen atoms in total. The lowest BCUT2D eigenvalue weighted by molar-refractivity contribution is 0.676. The summed E-state index contributed by atoms with van der Waals surface area (Å²) in [5.74, 6) is 10.7. The number of halogens is 1. The van der Waals surface area contributed by atoms with Crippen molar-refractivity contribution in [3.05, 3.63) is 58.6 Å². The van der Waals surface area contributed by atoms with E-state index < -0.39 is 0 Å². The number of hydrogen-bond donors (Lipinski definition) is 0. The van der Waals surface area contributed by atoms with Crippen molar-refractivity contribution in [3.63, 3.8) is 0 Å². The van der Waals surface area contributed by atoms with Crippen molar-refractivity contribution < 1.29 is 0 Å². The Morgan fingerprint density at radius 1 is 0.852 bits per heavy atom. The number of benzene rings is 3. The first-order chi connectivity index (χ1) is 13.0. The Labute approximate surface area is 171 Å². The van der Waals surface area contributed by atoms with Crippen molar-refractivity contribution in [3.8, 4) is 23.0 Å². The molecule has 0 unspecified atom stereocenters. The van der Waals surface area contributed by atoms with Gasteiger partial charge in [-0.1, -0.05) is 99.2 Å². The van der Waals surface area contributed by atoms with Gasteiger partial charge < -0.3 is 0 Å². The molecule has 0 aliphatic carbocycles. The topological polar surface area (TPSA) is 0 Å². The van der Waals surface area contributed by atoms with Crippen molar-refractivity contribution in [2.75, 3.05) is 0 Å². The SMILES string of the molecule is CC(C)CC#Cc1c2ccccc2c(C#CSC(C)C)c2cc(Cl)ccc12. The summed E-state index contributed by atoms with van der Waals surface area (Å²) in [4.78, 5) is 0. The van der Waals surface area contributed by atoms with E-state index in [9.17, 15) is 0 Å². The molecule has 3 rings (SSSR count). The molecule has 3 aromatic carbocycles. The highest BCUT2D eigenvalue weighted by molar-refractivity contribution is 8.04. The molecular weight excluding hydrogens is 368 g/mol. The molecule has 27 heavy (non-hydrogen) atoms.